The van der Waals surface area contributed by atoms with E-state index in [1.54, 1.807) is 7.11 Å². The third kappa shape index (κ3) is 3.32. The zero-order valence-corrected chi connectivity index (χ0v) is 19.2. The van der Waals surface area contributed by atoms with Gasteiger partial charge in [-0.15, -0.1) is 0 Å². The summed E-state index contributed by atoms with van der Waals surface area (Å²) in [5.74, 6) is 1.65. The molecule has 4 nitrogen and oxygen atoms in total. The Morgan fingerprint density at radius 1 is 1.16 bits per heavy atom. The lowest BCUT2D eigenvalue weighted by Gasteiger charge is -2.56. The van der Waals surface area contributed by atoms with Gasteiger partial charge in [-0.2, -0.15) is 0 Å². The molecule has 1 aliphatic heterocycles. The summed E-state index contributed by atoms with van der Waals surface area (Å²) in [6, 6.07) is 16.4. The summed E-state index contributed by atoms with van der Waals surface area (Å²) >= 11 is 6.25. The van der Waals surface area contributed by atoms with Crippen molar-refractivity contribution >= 4 is 22.5 Å². The largest absolute Gasteiger partial charge is 0.497 e. The number of methoxy groups -OCH3 is 1. The first-order valence-corrected chi connectivity index (χ1v) is 12.0. The molecule has 2 heterocycles. The van der Waals surface area contributed by atoms with Gasteiger partial charge in [-0.05, 0) is 73.2 Å². The summed E-state index contributed by atoms with van der Waals surface area (Å²) in [5, 5.41) is 14.2. The van der Waals surface area contributed by atoms with E-state index in [1.807, 2.05) is 30.3 Å². The van der Waals surface area contributed by atoms with Crippen LogP contribution in [-0.4, -0.2) is 47.3 Å². The summed E-state index contributed by atoms with van der Waals surface area (Å²) in [4.78, 5) is 7.54. The van der Waals surface area contributed by atoms with Gasteiger partial charge in [0.15, 0.2) is 0 Å². The second-order valence-corrected chi connectivity index (χ2v) is 10.5. The third-order valence-corrected chi connectivity index (χ3v) is 8.20. The molecule has 1 aromatic heterocycles. The molecule has 5 heteroatoms. The van der Waals surface area contributed by atoms with Gasteiger partial charge in [-0.25, -0.2) is 0 Å². The number of ether oxygens (including phenoxy) is 1. The zero-order chi connectivity index (χ0) is 21.9. The van der Waals surface area contributed by atoms with Crippen LogP contribution in [0.4, 0.5) is 0 Å². The number of hydrogen-bond donors (Lipinski definition) is 1. The predicted molar refractivity (Wildman–Crippen MR) is 128 cm³/mol. The topological polar surface area (TPSA) is 45.6 Å². The Bertz CT molecular complexity index is 1190. The first-order valence-electron chi connectivity index (χ1n) is 11.7. The van der Waals surface area contributed by atoms with Crippen molar-refractivity contribution in [3.63, 3.8) is 0 Å². The Balaban J connectivity index is 1.48. The van der Waals surface area contributed by atoms with Crippen molar-refractivity contribution in [2.75, 3.05) is 26.7 Å². The highest BCUT2D eigenvalue weighted by molar-refractivity contribution is 6.31. The normalized spacial score (nSPS) is 27.7. The van der Waals surface area contributed by atoms with E-state index in [1.165, 1.54) is 12.8 Å². The van der Waals surface area contributed by atoms with Crippen LogP contribution in [0.5, 0.6) is 5.75 Å². The number of fused-ring (bicyclic) bond motifs is 3. The molecular weight excluding hydrogens is 420 g/mol. The van der Waals surface area contributed by atoms with Crippen molar-refractivity contribution in [3.8, 4) is 5.75 Å². The lowest BCUT2D eigenvalue weighted by molar-refractivity contribution is -0.104. The van der Waals surface area contributed by atoms with Gasteiger partial charge in [0, 0.05) is 47.4 Å². The van der Waals surface area contributed by atoms with Gasteiger partial charge in [-0.1, -0.05) is 29.8 Å². The van der Waals surface area contributed by atoms with Crippen LogP contribution in [0.3, 0.4) is 0 Å². The molecule has 0 bridgehead atoms. The number of nitrogens with zero attached hydrogens (tertiary/aromatic N) is 2. The van der Waals surface area contributed by atoms with Crippen LogP contribution in [0, 0.1) is 5.92 Å². The van der Waals surface area contributed by atoms with Crippen LogP contribution in [0.2, 0.25) is 5.02 Å². The summed E-state index contributed by atoms with van der Waals surface area (Å²) in [7, 11) is 1.70. The number of pyridine rings is 1. The number of piperidine rings is 1. The number of likely N-dealkylation sites (tertiary alicyclic amines) is 1. The van der Waals surface area contributed by atoms with Crippen LogP contribution in [-0.2, 0) is 18.3 Å². The predicted octanol–water partition coefficient (Wildman–Crippen LogP) is 4.78. The van der Waals surface area contributed by atoms with E-state index in [0.29, 0.717) is 18.0 Å². The Morgan fingerprint density at radius 3 is 2.84 bits per heavy atom. The van der Waals surface area contributed by atoms with Gasteiger partial charge < -0.3 is 14.7 Å². The number of β-amino-alcohol motifs (C(OH)–C–C–N with tert-alkyl or cyclic N) is 1. The second-order valence-electron chi connectivity index (χ2n) is 10.1. The molecule has 1 N–H and O–H groups in total. The second kappa shape index (κ2) is 7.44. The van der Waals surface area contributed by atoms with Crippen molar-refractivity contribution in [3.05, 3.63) is 70.4 Å². The average Bonchev–Trinajstić information content (AvgIpc) is 3.60. The molecule has 0 unspecified atom stereocenters. The first kappa shape index (κ1) is 20.5. The molecule has 0 radical (unpaired) electrons. The van der Waals surface area contributed by atoms with Crippen LogP contribution in [0.1, 0.15) is 36.1 Å². The van der Waals surface area contributed by atoms with Crippen molar-refractivity contribution < 1.29 is 9.84 Å². The molecule has 2 atom stereocenters. The monoisotopic (exact) mass is 448 g/mol. The molecule has 3 aromatic rings. The van der Waals surface area contributed by atoms with Crippen molar-refractivity contribution in [2.24, 2.45) is 5.92 Å². The minimum atomic E-state index is -0.846. The molecule has 32 heavy (non-hydrogen) atoms. The van der Waals surface area contributed by atoms with Gasteiger partial charge in [0.1, 0.15) is 5.75 Å². The number of rotatable bonds is 4. The smallest absolute Gasteiger partial charge is 0.119 e. The standard InChI is InChI=1S/C27H29ClN2O2/c1-32-23-4-2-3-21(12-23)26-9-10-30(16-18-5-6-18)17-27(26,31)14-20-11-19-7-8-22(28)13-24(19)29-25(20)15-26/h2-4,7-8,11-13,18,31H,5-6,9-10,14-17H2,1H3/t26-,27-/m0/s1. The minimum absolute atomic E-state index is 0.381. The summed E-state index contributed by atoms with van der Waals surface area (Å²) < 4.78 is 5.55. The van der Waals surface area contributed by atoms with Gasteiger partial charge in [-0.3, -0.25) is 4.98 Å². The van der Waals surface area contributed by atoms with Crippen molar-refractivity contribution in [1.82, 2.24) is 9.88 Å². The molecule has 3 aliphatic rings. The molecule has 0 amide bonds. The Labute approximate surface area is 194 Å². The Hall–Kier alpha value is -2.14. The lowest BCUT2D eigenvalue weighted by Crippen LogP contribution is -2.66. The fourth-order valence-electron chi connectivity index (χ4n) is 6.05. The fraction of sp³-hybridized carbons (Fsp3) is 0.444. The number of aromatic nitrogens is 1. The number of hydrogen-bond acceptors (Lipinski definition) is 4. The average molecular weight is 449 g/mol. The molecule has 2 aliphatic carbocycles. The van der Waals surface area contributed by atoms with Gasteiger partial charge in [0.05, 0.1) is 18.2 Å². The number of halogens is 1. The van der Waals surface area contributed by atoms with E-state index in [-0.39, 0.29) is 5.41 Å². The van der Waals surface area contributed by atoms with E-state index < -0.39 is 5.60 Å². The highest BCUT2D eigenvalue weighted by Crippen LogP contribution is 2.51. The summed E-state index contributed by atoms with van der Waals surface area (Å²) in [6.07, 6.45) is 4.92. The van der Waals surface area contributed by atoms with Crippen LogP contribution in [0.15, 0.2) is 48.5 Å². The molecule has 2 aromatic carbocycles. The highest BCUT2D eigenvalue weighted by Gasteiger charge is 2.57. The van der Waals surface area contributed by atoms with Crippen LogP contribution in [0.25, 0.3) is 10.9 Å². The van der Waals surface area contributed by atoms with E-state index in [2.05, 4.69) is 23.1 Å². The van der Waals surface area contributed by atoms with Gasteiger partial charge in [0.25, 0.3) is 0 Å². The Morgan fingerprint density at radius 2 is 2.03 bits per heavy atom. The lowest BCUT2D eigenvalue weighted by atomic mass is 9.56. The quantitative estimate of drug-likeness (QED) is 0.623. The maximum atomic E-state index is 12.4. The number of benzene rings is 2. The van der Waals surface area contributed by atoms with Gasteiger partial charge in [0.2, 0.25) is 0 Å². The molecule has 0 spiro atoms. The van der Waals surface area contributed by atoms with Crippen molar-refractivity contribution in [2.45, 2.75) is 43.1 Å². The minimum Gasteiger partial charge on any atom is -0.497 e. The van der Waals surface area contributed by atoms with Crippen LogP contribution < -0.4 is 4.74 Å². The van der Waals surface area contributed by atoms with Crippen molar-refractivity contribution in [1.29, 1.82) is 0 Å². The highest BCUT2D eigenvalue weighted by atomic mass is 35.5. The zero-order valence-electron chi connectivity index (χ0n) is 18.5. The van der Waals surface area contributed by atoms with Crippen LogP contribution >= 0.6 is 11.6 Å². The van der Waals surface area contributed by atoms with Gasteiger partial charge >= 0.3 is 0 Å². The SMILES string of the molecule is COc1cccc([C@@]23CCN(CC4CC4)C[C@@]2(O)Cc2cc4ccc(Cl)cc4nc2C3)c1. The summed E-state index contributed by atoms with van der Waals surface area (Å²) in [5.41, 5.74) is 3.10. The maximum Gasteiger partial charge on any atom is 0.119 e. The fourth-order valence-corrected chi connectivity index (χ4v) is 6.21. The first-order chi connectivity index (χ1) is 15.5. The third-order valence-electron chi connectivity index (χ3n) is 7.97. The molecule has 166 valence electrons. The molecule has 1 saturated carbocycles. The Kier molecular flexibility index (Phi) is 4.76. The van der Waals surface area contributed by atoms with E-state index in [0.717, 1.165) is 65.3 Å². The van der Waals surface area contributed by atoms with E-state index >= 15 is 0 Å². The molecule has 2 fully saturated rings. The summed E-state index contributed by atoms with van der Waals surface area (Å²) in [6.45, 7) is 2.82. The molecular formula is C27H29ClN2O2. The van der Waals surface area contributed by atoms with E-state index in [4.69, 9.17) is 21.3 Å². The van der Waals surface area contributed by atoms with E-state index in [9.17, 15) is 5.11 Å². The molecule has 6 rings (SSSR count). The maximum absolute atomic E-state index is 12.4. The molecule has 1 saturated heterocycles. The number of aliphatic hydroxyl groups is 1.